The number of nitrogens with one attached hydrogen (secondary N) is 3. The van der Waals surface area contributed by atoms with Crippen molar-refractivity contribution in [2.24, 2.45) is 16.9 Å². The standard InChI is InChI=1S/C23H33N5O/c1-15-7-5-4-6-12-24-14-21(15)25-23(29)22-19-13-18(10-11-20(19)26-27-22)28-16(2)8-9-17(28)3/h8-11,13,15,19-21,24,26H,4-7,12,14H2,1-3H3,(H,25,29). The van der Waals surface area contributed by atoms with Crippen LogP contribution < -0.4 is 16.1 Å². The van der Waals surface area contributed by atoms with Crippen LogP contribution in [0.2, 0.25) is 0 Å². The van der Waals surface area contributed by atoms with E-state index in [0.29, 0.717) is 11.6 Å². The number of hydrogen-bond acceptors (Lipinski definition) is 4. The molecule has 1 amide bonds. The van der Waals surface area contributed by atoms with Crippen LogP contribution in [-0.2, 0) is 4.79 Å². The Morgan fingerprint density at radius 2 is 2.00 bits per heavy atom. The second kappa shape index (κ2) is 8.57. The van der Waals surface area contributed by atoms with E-state index in [9.17, 15) is 4.79 Å². The fourth-order valence-corrected chi connectivity index (χ4v) is 4.67. The second-order valence-electron chi connectivity index (χ2n) is 8.69. The number of rotatable bonds is 3. The fraction of sp³-hybridized carbons (Fsp3) is 0.565. The molecule has 4 rings (SSSR count). The molecule has 0 spiro atoms. The number of allylic oxidation sites excluding steroid dienone is 2. The number of fused-ring (bicyclic) bond motifs is 1. The molecule has 3 aliphatic rings. The Labute approximate surface area is 173 Å². The summed E-state index contributed by atoms with van der Waals surface area (Å²) in [5.74, 6) is 0.364. The molecule has 6 heteroatoms. The lowest BCUT2D eigenvalue weighted by Crippen LogP contribution is -2.49. The molecule has 3 heterocycles. The highest BCUT2D eigenvalue weighted by molar-refractivity contribution is 6.41. The first kappa shape index (κ1) is 20.0. The summed E-state index contributed by atoms with van der Waals surface area (Å²) in [6.07, 6.45) is 11.3. The van der Waals surface area contributed by atoms with E-state index in [0.717, 1.165) is 25.2 Å². The van der Waals surface area contributed by atoms with Gasteiger partial charge in [0.2, 0.25) is 0 Å². The molecule has 29 heavy (non-hydrogen) atoms. The van der Waals surface area contributed by atoms with E-state index in [1.54, 1.807) is 0 Å². The van der Waals surface area contributed by atoms with Crippen molar-refractivity contribution in [1.82, 2.24) is 20.6 Å². The lowest BCUT2D eigenvalue weighted by Gasteiger charge is -2.26. The smallest absolute Gasteiger partial charge is 0.268 e. The average molecular weight is 396 g/mol. The Kier molecular flexibility index (Phi) is 5.90. The van der Waals surface area contributed by atoms with Gasteiger partial charge in [0.15, 0.2) is 0 Å². The normalized spacial score (nSPS) is 29.6. The SMILES string of the molecule is Cc1ccc(C)n1C1=CC2C(C(=O)NC3CNCCCCCC3C)=NNC2C=C1. The van der Waals surface area contributed by atoms with E-state index in [1.807, 2.05) is 0 Å². The second-order valence-corrected chi connectivity index (χ2v) is 8.69. The van der Waals surface area contributed by atoms with E-state index in [2.05, 4.69) is 76.9 Å². The van der Waals surface area contributed by atoms with Gasteiger partial charge in [-0.15, -0.1) is 0 Å². The molecule has 1 aromatic rings. The Hall–Kier alpha value is -2.34. The van der Waals surface area contributed by atoms with Crippen LogP contribution in [0.1, 0.15) is 44.0 Å². The molecule has 1 aromatic heterocycles. The molecule has 4 atom stereocenters. The van der Waals surface area contributed by atoms with E-state index in [4.69, 9.17) is 0 Å². The van der Waals surface area contributed by atoms with Crippen LogP contribution in [0.15, 0.2) is 35.5 Å². The van der Waals surface area contributed by atoms with E-state index < -0.39 is 0 Å². The molecule has 3 N–H and O–H groups in total. The number of carbonyl (C=O) groups is 1. The number of aryl methyl sites for hydroxylation is 2. The fourth-order valence-electron chi connectivity index (χ4n) is 4.67. The van der Waals surface area contributed by atoms with Crippen LogP contribution in [0.3, 0.4) is 0 Å². The maximum atomic E-state index is 13.2. The number of nitrogens with zero attached hydrogens (tertiary/aromatic N) is 2. The molecule has 0 bridgehead atoms. The van der Waals surface area contributed by atoms with Gasteiger partial charge in [-0.2, -0.15) is 5.10 Å². The van der Waals surface area contributed by atoms with Gasteiger partial charge in [-0.05, 0) is 63.4 Å². The number of amides is 1. The van der Waals surface area contributed by atoms with Crippen LogP contribution in [0.5, 0.6) is 0 Å². The lowest BCUT2D eigenvalue weighted by molar-refractivity contribution is -0.116. The van der Waals surface area contributed by atoms with Crippen molar-refractivity contribution in [3.63, 3.8) is 0 Å². The molecule has 2 aliphatic heterocycles. The molecule has 4 unspecified atom stereocenters. The van der Waals surface area contributed by atoms with Gasteiger partial charge in [0.1, 0.15) is 5.71 Å². The van der Waals surface area contributed by atoms with Gasteiger partial charge in [-0.1, -0.05) is 25.8 Å². The Balaban J connectivity index is 1.50. The molecule has 6 nitrogen and oxygen atoms in total. The van der Waals surface area contributed by atoms with Crippen molar-refractivity contribution in [3.8, 4) is 0 Å². The molecular weight excluding hydrogens is 362 g/mol. The van der Waals surface area contributed by atoms with Crippen LogP contribution in [-0.4, -0.2) is 41.4 Å². The highest BCUT2D eigenvalue weighted by Crippen LogP contribution is 2.28. The van der Waals surface area contributed by atoms with Crippen molar-refractivity contribution in [1.29, 1.82) is 0 Å². The average Bonchev–Trinajstić information content (AvgIpc) is 3.29. The molecule has 156 valence electrons. The summed E-state index contributed by atoms with van der Waals surface area (Å²) in [4.78, 5) is 13.2. The van der Waals surface area contributed by atoms with Gasteiger partial charge in [-0.3, -0.25) is 4.79 Å². The largest absolute Gasteiger partial charge is 0.347 e. The number of aromatic nitrogens is 1. The first-order chi connectivity index (χ1) is 14.0. The highest BCUT2D eigenvalue weighted by Gasteiger charge is 2.36. The predicted octanol–water partition coefficient (Wildman–Crippen LogP) is 2.74. The summed E-state index contributed by atoms with van der Waals surface area (Å²) in [5, 5.41) is 11.2. The van der Waals surface area contributed by atoms with Gasteiger partial charge in [0.05, 0.1) is 12.0 Å². The summed E-state index contributed by atoms with van der Waals surface area (Å²) in [5.41, 5.74) is 7.21. The summed E-state index contributed by atoms with van der Waals surface area (Å²) in [6.45, 7) is 8.31. The van der Waals surface area contributed by atoms with Crippen LogP contribution in [0.25, 0.3) is 5.70 Å². The van der Waals surface area contributed by atoms with Crippen molar-refractivity contribution >= 4 is 17.3 Å². The monoisotopic (exact) mass is 395 g/mol. The van der Waals surface area contributed by atoms with E-state index >= 15 is 0 Å². The van der Waals surface area contributed by atoms with Crippen LogP contribution >= 0.6 is 0 Å². The van der Waals surface area contributed by atoms with Gasteiger partial charge in [0.25, 0.3) is 5.91 Å². The number of hydrogen-bond donors (Lipinski definition) is 3. The lowest BCUT2D eigenvalue weighted by atomic mass is 9.89. The maximum absolute atomic E-state index is 13.2. The number of carbonyl (C=O) groups excluding carboxylic acids is 1. The van der Waals surface area contributed by atoms with E-state index in [-0.39, 0.29) is 23.9 Å². The Bertz CT molecular complexity index is 830. The van der Waals surface area contributed by atoms with Crippen molar-refractivity contribution in [3.05, 3.63) is 41.7 Å². The quantitative estimate of drug-likeness (QED) is 0.737. The highest BCUT2D eigenvalue weighted by atomic mass is 16.2. The van der Waals surface area contributed by atoms with Gasteiger partial charge >= 0.3 is 0 Å². The number of hydrazone groups is 1. The topological polar surface area (TPSA) is 70.5 Å². The third kappa shape index (κ3) is 4.17. The van der Waals surface area contributed by atoms with Crippen LogP contribution in [0.4, 0.5) is 0 Å². The van der Waals surface area contributed by atoms with Crippen molar-refractivity contribution < 1.29 is 4.79 Å². The first-order valence-corrected chi connectivity index (χ1v) is 10.9. The predicted molar refractivity (Wildman–Crippen MR) is 118 cm³/mol. The zero-order valence-electron chi connectivity index (χ0n) is 17.7. The van der Waals surface area contributed by atoms with Gasteiger partial charge in [0, 0.05) is 29.7 Å². The molecule has 0 radical (unpaired) electrons. The van der Waals surface area contributed by atoms with Crippen LogP contribution in [0, 0.1) is 25.7 Å². The minimum Gasteiger partial charge on any atom is -0.347 e. The molecule has 1 fully saturated rings. The Morgan fingerprint density at radius 1 is 1.21 bits per heavy atom. The zero-order valence-corrected chi connectivity index (χ0v) is 17.7. The molecule has 0 saturated carbocycles. The Morgan fingerprint density at radius 3 is 2.79 bits per heavy atom. The van der Waals surface area contributed by atoms with Crippen molar-refractivity contribution in [2.45, 2.75) is 58.5 Å². The van der Waals surface area contributed by atoms with Gasteiger partial charge in [-0.25, -0.2) is 0 Å². The third-order valence-electron chi connectivity index (χ3n) is 6.50. The van der Waals surface area contributed by atoms with Crippen molar-refractivity contribution in [2.75, 3.05) is 13.1 Å². The molecular formula is C23H33N5O. The molecule has 1 aliphatic carbocycles. The maximum Gasteiger partial charge on any atom is 0.268 e. The van der Waals surface area contributed by atoms with E-state index in [1.165, 1.54) is 30.7 Å². The summed E-state index contributed by atoms with van der Waals surface area (Å²) in [7, 11) is 0. The summed E-state index contributed by atoms with van der Waals surface area (Å²) >= 11 is 0. The third-order valence-corrected chi connectivity index (χ3v) is 6.50. The molecule has 0 aromatic carbocycles. The zero-order chi connectivity index (χ0) is 20.4. The minimum atomic E-state index is -0.0465. The summed E-state index contributed by atoms with van der Waals surface area (Å²) < 4.78 is 2.23. The summed E-state index contributed by atoms with van der Waals surface area (Å²) in [6, 6.07) is 4.43. The van der Waals surface area contributed by atoms with Gasteiger partial charge < -0.3 is 20.6 Å². The minimum absolute atomic E-state index is 0.0456. The first-order valence-electron chi connectivity index (χ1n) is 10.9. The molecule has 1 saturated heterocycles.